The number of piperidine rings is 1. The summed E-state index contributed by atoms with van der Waals surface area (Å²) in [5, 5.41) is 12.1. The Morgan fingerprint density at radius 2 is 2.05 bits per heavy atom. The molecule has 1 aliphatic heterocycles. The summed E-state index contributed by atoms with van der Waals surface area (Å²) in [6, 6.07) is 2.33. The van der Waals surface area contributed by atoms with Gasteiger partial charge in [-0.05, 0) is 32.2 Å². The van der Waals surface area contributed by atoms with Gasteiger partial charge in [0.15, 0.2) is 0 Å². The molecule has 0 spiro atoms. The molecule has 4 nitrogen and oxygen atoms in total. The normalized spacial score (nSPS) is 28.8. The minimum atomic E-state index is 0.0484. The Balaban J connectivity index is 1.71. The Morgan fingerprint density at radius 3 is 2.75 bits per heavy atom. The molecule has 1 heterocycles. The molecule has 0 aromatic heterocycles. The molecule has 0 aromatic rings. The van der Waals surface area contributed by atoms with E-state index in [9.17, 15) is 4.79 Å². The first-order chi connectivity index (χ1) is 9.69. The zero-order valence-electron chi connectivity index (χ0n) is 12.6. The van der Waals surface area contributed by atoms with Gasteiger partial charge in [-0.3, -0.25) is 9.69 Å². The van der Waals surface area contributed by atoms with Crippen LogP contribution in [0.15, 0.2) is 0 Å². The number of likely N-dealkylation sites (tertiary alicyclic amines) is 1. The van der Waals surface area contributed by atoms with Gasteiger partial charge in [0.1, 0.15) is 0 Å². The van der Waals surface area contributed by atoms with E-state index in [0.29, 0.717) is 6.42 Å². The van der Waals surface area contributed by atoms with Gasteiger partial charge in [-0.2, -0.15) is 5.26 Å². The van der Waals surface area contributed by atoms with Crippen LogP contribution in [0.3, 0.4) is 0 Å². The second-order valence-corrected chi connectivity index (χ2v) is 6.46. The van der Waals surface area contributed by atoms with E-state index in [-0.39, 0.29) is 18.0 Å². The molecule has 0 radical (unpaired) electrons. The Kier molecular flexibility index (Phi) is 5.85. The largest absolute Gasteiger partial charge is 0.341 e. The van der Waals surface area contributed by atoms with Crippen LogP contribution in [0.1, 0.15) is 57.8 Å². The molecule has 2 rings (SSSR count). The molecule has 2 unspecified atom stereocenters. The van der Waals surface area contributed by atoms with Crippen LogP contribution in [-0.4, -0.2) is 30.6 Å². The van der Waals surface area contributed by atoms with E-state index in [1.807, 2.05) is 7.05 Å². The van der Waals surface area contributed by atoms with Crippen LogP contribution in [0, 0.1) is 23.2 Å². The highest BCUT2D eigenvalue weighted by Gasteiger charge is 2.27. The second-order valence-electron chi connectivity index (χ2n) is 6.46. The zero-order chi connectivity index (χ0) is 14.4. The number of hydrogen-bond acceptors (Lipinski definition) is 3. The monoisotopic (exact) mass is 277 g/mol. The van der Waals surface area contributed by atoms with Crippen molar-refractivity contribution < 1.29 is 4.79 Å². The Bertz CT molecular complexity index is 357. The molecular formula is C16H27N3O. The van der Waals surface area contributed by atoms with E-state index in [2.05, 4.69) is 16.3 Å². The van der Waals surface area contributed by atoms with Crippen molar-refractivity contribution in [1.82, 2.24) is 10.2 Å². The maximum atomic E-state index is 12.1. The van der Waals surface area contributed by atoms with E-state index >= 15 is 0 Å². The lowest BCUT2D eigenvalue weighted by atomic mass is 9.86. The van der Waals surface area contributed by atoms with Gasteiger partial charge in [0.05, 0.1) is 18.2 Å². The number of nitriles is 1. The van der Waals surface area contributed by atoms with Gasteiger partial charge in [0.25, 0.3) is 0 Å². The first-order valence-corrected chi connectivity index (χ1v) is 8.08. The summed E-state index contributed by atoms with van der Waals surface area (Å²) in [6.45, 7) is 0.895. The molecular weight excluding hydrogens is 250 g/mol. The summed E-state index contributed by atoms with van der Waals surface area (Å²) in [6.07, 6.45) is 10.0. The lowest BCUT2D eigenvalue weighted by Crippen LogP contribution is -2.50. The molecule has 2 fully saturated rings. The van der Waals surface area contributed by atoms with Crippen molar-refractivity contribution in [3.05, 3.63) is 0 Å². The van der Waals surface area contributed by atoms with E-state index in [0.717, 1.165) is 31.7 Å². The Morgan fingerprint density at radius 1 is 1.30 bits per heavy atom. The fraction of sp³-hybridized carbons (Fsp3) is 0.875. The predicted octanol–water partition coefficient (Wildman–Crippen LogP) is 2.65. The first kappa shape index (κ1) is 15.3. The molecule has 1 aliphatic carbocycles. The third-order valence-electron chi connectivity index (χ3n) is 4.88. The number of carbonyl (C=O) groups excluding carboxylic acids is 1. The first-order valence-electron chi connectivity index (χ1n) is 8.08. The standard InChI is InChI=1S/C16H27N3O/c1-19-10-9-14(12-17)11-15(19)18-16(20)8-7-13-5-3-2-4-6-13/h13-15H,2-11H2,1H3,(H,18,20). The van der Waals surface area contributed by atoms with Crippen LogP contribution in [0.5, 0.6) is 0 Å². The van der Waals surface area contributed by atoms with Gasteiger partial charge in [0.2, 0.25) is 5.91 Å². The van der Waals surface area contributed by atoms with E-state index < -0.39 is 0 Å². The Labute approximate surface area is 122 Å². The van der Waals surface area contributed by atoms with Crippen molar-refractivity contribution in [3.8, 4) is 6.07 Å². The van der Waals surface area contributed by atoms with E-state index in [1.54, 1.807) is 0 Å². The van der Waals surface area contributed by atoms with Crippen LogP contribution >= 0.6 is 0 Å². The second kappa shape index (κ2) is 7.64. The molecule has 1 N–H and O–H groups in total. The van der Waals surface area contributed by atoms with Crippen molar-refractivity contribution in [2.45, 2.75) is 64.0 Å². The van der Waals surface area contributed by atoms with Crippen LogP contribution in [0.4, 0.5) is 0 Å². The van der Waals surface area contributed by atoms with Gasteiger partial charge in [0, 0.05) is 13.0 Å². The maximum absolute atomic E-state index is 12.1. The fourth-order valence-corrected chi connectivity index (χ4v) is 3.44. The van der Waals surface area contributed by atoms with E-state index in [1.165, 1.54) is 32.1 Å². The number of hydrogen-bond donors (Lipinski definition) is 1. The highest BCUT2D eigenvalue weighted by molar-refractivity contribution is 5.76. The van der Waals surface area contributed by atoms with Gasteiger partial charge < -0.3 is 5.32 Å². The molecule has 20 heavy (non-hydrogen) atoms. The van der Waals surface area contributed by atoms with Crippen molar-refractivity contribution in [1.29, 1.82) is 5.26 Å². The number of nitrogens with one attached hydrogen (secondary N) is 1. The minimum Gasteiger partial charge on any atom is -0.341 e. The minimum absolute atomic E-state index is 0.0484. The molecule has 0 aromatic carbocycles. The molecule has 2 atom stereocenters. The predicted molar refractivity (Wildman–Crippen MR) is 78.7 cm³/mol. The summed E-state index contributed by atoms with van der Waals surface area (Å²) in [5.74, 6) is 1.01. The van der Waals surface area contributed by atoms with Crippen molar-refractivity contribution in [3.63, 3.8) is 0 Å². The van der Waals surface area contributed by atoms with Gasteiger partial charge in [-0.1, -0.05) is 32.1 Å². The van der Waals surface area contributed by atoms with Crippen LogP contribution in [0.2, 0.25) is 0 Å². The fourth-order valence-electron chi connectivity index (χ4n) is 3.44. The van der Waals surface area contributed by atoms with Crippen LogP contribution < -0.4 is 5.32 Å². The van der Waals surface area contributed by atoms with Crippen LogP contribution in [0.25, 0.3) is 0 Å². The molecule has 1 saturated heterocycles. The number of carbonyl (C=O) groups is 1. The van der Waals surface area contributed by atoms with E-state index in [4.69, 9.17) is 5.26 Å². The number of rotatable bonds is 4. The van der Waals surface area contributed by atoms with Crippen LogP contribution in [-0.2, 0) is 4.79 Å². The maximum Gasteiger partial charge on any atom is 0.221 e. The lowest BCUT2D eigenvalue weighted by molar-refractivity contribution is -0.123. The smallest absolute Gasteiger partial charge is 0.221 e. The van der Waals surface area contributed by atoms with Crippen molar-refractivity contribution in [2.24, 2.45) is 11.8 Å². The quantitative estimate of drug-likeness (QED) is 0.859. The molecule has 0 bridgehead atoms. The Hall–Kier alpha value is -1.08. The summed E-state index contributed by atoms with van der Waals surface area (Å²) in [5.41, 5.74) is 0. The number of nitrogens with zero attached hydrogens (tertiary/aromatic N) is 2. The average Bonchev–Trinajstić information content (AvgIpc) is 2.48. The lowest BCUT2D eigenvalue weighted by Gasteiger charge is -2.35. The topological polar surface area (TPSA) is 56.1 Å². The summed E-state index contributed by atoms with van der Waals surface area (Å²) in [4.78, 5) is 14.2. The highest BCUT2D eigenvalue weighted by Crippen LogP contribution is 2.27. The summed E-state index contributed by atoms with van der Waals surface area (Å²) in [7, 11) is 2.03. The third kappa shape index (κ3) is 4.49. The van der Waals surface area contributed by atoms with Crippen molar-refractivity contribution in [2.75, 3.05) is 13.6 Å². The van der Waals surface area contributed by atoms with Gasteiger partial charge in [-0.15, -0.1) is 0 Å². The molecule has 112 valence electrons. The zero-order valence-corrected chi connectivity index (χ0v) is 12.6. The highest BCUT2D eigenvalue weighted by atomic mass is 16.1. The van der Waals surface area contributed by atoms with Gasteiger partial charge in [-0.25, -0.2) is 0 Å². The molecule has 4 heteroatoms. The summed E-state index contributed by atoms with van der Waals surface area (Å²) < 4.78 is 0. The SMILES string of the molecule is CN1CCC(C#N)CC1NC(=O)CCC1CCCCC1. The number of amides is 1. The summed E-state index contributed by atoms with van der Waals surface area (Å²) >= 11 is 0. The van der Waals surface area contributed by atoms with Crippen molar-refractivity contribution >= 4 is 5.91 Å². The van der Waals surface area contributed by atoms with Gasteiger partial charge >= 0.3 is 0 Å². The average molecular weight is 277 g/mol. The molecule has 2 aliphatic rings. The molecule has 1 saturated carbocycles. The molecule has 1 amide bonds. The third-order valence-corrected chi connectivity index (χ3v) is 4.88.